The van der Waals surface area contributed by atoms with Gasteiger partial charge >= 0.3 is 18.0 Å². The van der Waals surface area contributed by atoms with E-state index in [9.17, 15) is 19.5 Å². The summed E-state index contributed by atoms with van der Waals surface area (Å²) >= 11 is 0. The fourth-order valence-corrected chi connectivity index (χ4v) is 5.37. The van der Waals surface area contributed by atoms with Crippen molar-refractivity contribution in [2.45, 2.75) is 6.04 Å². The lowest BCUT2D eigenvalue weighted by Crippen LogP contribution is -2.62. The van der Waals surface area contributed by atoms with Gasteiger partial charge in [0.15, 0.2) is 0 Å². The van der Waals surface area contributed by atoms with E-state index in [-0.39, 0.29) is 25.7 Å². The van der Waals surface area contributed by atoms with Gasteiger partial charge in [-0.25, -0.2) is 14.4 Å². The summed E-state index contributed by atoms with van der Waals surface area (Å²) in [4.78, 5) is 46.8. The van der Waals surface area contributed by atoms with Crippen LogP contribution in [-0.2, 0) is 4.79 Å². The number of carbonyl (C=O) groups is 3. The van der Waals surface area contributed by atoms with Gasteiger partial charge in [0.05, 0.1) is 29.3 Å². The molecule has 1 saturated heterocycles. The molecule has 8 heteroatoms. The topological polar surface area (TPSA) is 84.4 Å². The summed E-state index contributed by atoms with van der Waals surface area (Å²) in [6, 6.07) is 31.5. The highest BCUT2D eigenvalue weighted by Gasteiger charge is 2.41. The van der Waals surface area contributed by atoms with Crippen LogP contribution in [-0.4, -0.2) is 58.6 Å². The number of carboxylic acid groups (broad SMARTS) is 1. The van der Waals surface area contributed by atoms with E-state index in [1.807, 2.05) is 121 Å². The largest absolute Gasteiger partial charge is 0.480 e. The van der Waals surface area contributed by atoms with E-state index in [0.717, 1.165) is 11.1 Å². The zero-order chi connectivity index (χ0) is 28.3. The first-order chi connectivity index (χ1) is 20.0. The number of aliphatic carboxylic acids is 1. The number of hydrogen-bond acceptors (Lipinski definition) is 3. The number of anilines is 4. The molecule has 8 nitrogen and oxygen atoms in total. The number of carboxylic acids is 1. The molecule has 0 saturated carbocycles. The minimum atomic E-state index is -1.23. The summed E-state index contributed by atoms with van der Waals surface area (Å²) in [7, 11) is 0. The van der Waals surface area contributed by atoms with Crippen LogP contribution in [0.3, 0.4) is 0 Å². The Morgan fingerprint density at radius 2 is 1.15 bits per heavy atom. The quantitative estimate of drug-likeness (QED) is 0.321. The predicted molar refractivity (Wildman–Crippen MR) is 159 cm³/mol. The molecule has 2 aliphatic rings. The molecular formula is C33H28N4O4. The Hall–Kier alpha value is -5.37. The van der Waals surface area contributed by atoms with E-state index in [1.165, 1.54) is 9.80 Å². The molecule has 4 amide bonds. The van der Waals surface area contributed by atoms with Crippen LogP contribution in [0.2, 0.25) is 0 Å². The predicted octanol–water partition coefficient (Wildman–Crippen LogP) is 6.46. The Bertz CT molecular complexity index is 1530. The van der Waals surface area contributed by atoms with Gasteiger partial charge in [0.2, 0.25) is 0 Å². The standard InChI is InChI=1S/C33H28N4O4/c38-31(39)30-23-34(32(40)36(26-13-3-1-4-14-26)27-15-5-2-6-16-27)21-22-35(30)33(41)37-28-17-9-7-11-24(28)19-20-25-12-8-10-18-29(25)37/h1-20,30H,21-23H2,(H,38,39). The number of rotatable bonds is 3. The van der Waals surface area contributed by atoms with Gasteiger partial charge in [0, 0.05) is 13.1 Å². The molecule has 1 N–H and O–H groups in total. The summed E-state index contributed by atoms with van der Waals surface area (Å²) < 4.78 is 0. The summed E-state index contributed by atoms with van der Waals surface area (Å²) in [6.45, 7) is 0.0958. The Morgan fingerprint density at radius 1 is 0.659 bits per heavy atom. The average molecular weight is 545 g/mol. The smallest absolute Gasteiger partial charge is 0.330 e. The normalized spacial score (nSPS) is 15.9. The van der Waals surface area contributed by atoms with Crippen LogP contribution in [0.1, 0.15) is 11.1 Å². The zero-order valence-corrected chi connectivity index (χ0v) is 22.2. The maximum atomic E-state index is 14.2. The molecule has 1 fully saturated rings. The lowest BCUT2D eigenvalue weighted by molar-refractivity contribution is -0.143. The number of urea groups is 2. The molecule has 0 radical (unpaired) electrons. The minimum Gasteiger partial charge on any atom is -0.480 e. The van der Waals surface area contributed by atoms with E-state index in [1.54, 1.807) is 9.80 Å². The summed E-state index contributed by atoms with van der Waals surface area (Å²) in [5.74, 6) is -1.17. The van der Waals surface area contributed by atoms with E-state index >= 15 is 0 Å². The van der Waals surface area contributed by atoms with Crippen molar-refractivity contribution in [1.29, 1.82) is 0 Å². The van der Waals surface area contributed by atoms with Crippen LogP contribution < -0.4 is 9.80 Å². The van der Waals surface area contributed by atoms with Crippen molar-refractivity contribution < 1.29 is 19.5 Å². The molecule has 1 atom stereocenters. The van der Waals surface area contributed by atoms with Crippen molar-refractivity contribution >= 4 is 52.9 Å². The number of nitrogens with zero attached hydrogens (tertiary/aromatic N) is 4. The van der Waals surface area contributed by atoms with Crippen molar-refractivity contribution in [3.05, 3.63) is 120 Å². The van der Waals surface area contributed by atoms with Crippen LogP contribution >= 0.6 is 0 Å². The van der Waals surface area contributed by atoms with Crippen LogP contribution in [0.25, 0.3) is 12.2 Å². The fourth-order valence-electron chi connectivity index (χ4n) is 5.37. The van der Waals surface area contributed by atoms with E-state index in [2.05, 4.69) is 0 Å². The molecule has 2 aliphatic heterocycles. The Balaban J connectivity index is 1.32. The summed E-state index contributed by atoms with van der Waals surface area (Å²) in [6.07, 6.45) is 3.91. The monoisotopic (exact) mass is 544 g/mol. The molecule has 0 aromatic heterocycles. The van der Waals surface area contributed by atoms with Gasteiger partial charge < -0.3 is 14.9 Å². The third-order valence-electron chi connectivity index (χ3n) is 7.39. The minimum absolute atomic E-state index is 0.0627. The first kappa shape index (κ1) is 25.9. The van der Waals surface area contributed by atoms with Gasteiger partial charge in [-0.2, -0.15) is 0 Å². The van der Waals surface area contributed by atoms with Gasteiger partial charge in [-0.1, -0.05) is 84.9 Å². The summed E-state index contributed by atoms with van der Waals surface area (Å²) in [5, 5.41) is 10.3. The zero-order valence-electron chi connectivity index (χ0n) is 22.2. The van der Waals surface area contributed by atoms with Gasteiger partial charge in [0.25, 0.3) is 0 Å². The second kappa shape index (κ2) is 11.0. The maximum absolute atomic E-state index is 14.2. The summed E-state index contributed by atoms with van der Waals surface area (Å²) in [5.41, 5.74) is 4.36. The Morgan fingerprint density at radius 3 is 1.66 bits per heavy atom. The van der Waals surface area contributed by atoms with Gasteiger partial charge in [-0.15, -0.1) is 0 Å². The van der Waals surface area contributed by atoms with Crippen LogP contribution in [0.4, 0.5) is 32.3 Å². The highest BCUT2D eigenvalue weighted by molar-refractivity contribution is 6.07. The van der Waals surface area contributed by atoms with Crippen molar-refractivity contribution in [3.8, 4) is 0 Å². The number of carbonyl (C=O) groups excluding carboxylic acids is 2. The van der Waals surface area contributed by atoms with E-state index in [4.69, 9.17) is 0 Å². The van der Waals surface area contributed by atoms with Crippen LogP contribution in [0.5, 0.6) is 0 Å². The van der Waals surface area contributed by atoms with Crippen molar-refractivity contribution in [2.24, 2.45) is 0 Å². The molecule has 0 aliphatic carbocycles. The Kier molecular flexibility index (Phi) is 6.95. The highest BCUT2D eigenvalue weighted by Crippen LogP contribution is 2.37. The molecule has 0 spiro atoms. The van der Waals surface area contributed by atoms with Crippen molar-refractivity contribution in [1.82, 2.24) is 9.80 Å². The third-order valence-corrected chi connectivity index (χ3v) is 7.39. The second-order valence-electron chi connectivity index (χ2n) is 9.85. The molecule has 1 unspecified atom stereocenters. The highest BCUT2D eigenvalue weighted by atomic mass is 16.4. The number of benzene rings is 4. The first-order valence-corrected chi connectivity index (χ1v) is 13.4. The SMILES string of the molecule is O=C(O)C1CN(C(=O)N(c2ccccc2)c2ccccc2)CCN1C(=O)N1c2ccccc2C=Cc2ccccc21. The lowest BCUT2D eigenvalue weighted by atomic mass is 10.1. The van der Waals surface area contributed by atoms with Gasteiger partial charge in [0.1, 0.15) is 6.04 Å². The number of fused-ring (bicyclic) bond motifs is 2. The fraction of sp³-hybridized carbons (Fsp3) is 0.121. The number of piperazine rings is 1. The van der Waals surface area contributed by atoms with E-state index in [0.29, 0.717) is 22.7 Å². The molecule has 41 heavy (non-hydrogen) atoms. The van der Waals surface area contributed by atoms with Gasteiger partial charge in [-0.3, -0.25) is 9.80 Å². The lowest BCUT2D eigenvalue weighted by Gasteiger charge is -2.42. The number of amides is 4. The van der Waals surface area contributed by atoms with Crippen LogP contribution in [0.15, 0.2) is 109 Å². The van der Waals surface area contributed by atoms with Crippen molar-refractivity contribution in [3.63, 3.8) is 0 Å². The molecular weight excluding hydrogens is 516 g/mol. The van der Waals surface area contributed by atoms with Crippen molar-refractivity contribution in [2.75, 3.05) is 29.4 Å². The average Bonchev–Trinajstić information content (AvgIpc) is 3.18. The third kappa shape index (κ3) is 4.91. The second-order valence-corrected chi connectivity index (χ2v) is 9.85. The molecule has 4 aromatic carbocycles. The van der Waals surface area contributed by atoms with Gasteiger partial charge in [-0.05, 0) is 47.5 Å². The number of para-hydroxylation sites is 4. The molecule has 0 bridgehead atoms. The first-order valence-electron chi connectivity index (χ1n) is 13.4. The van der Waals surface area contributed by atoms with E-state index < -0.39 is 18.0 Å². The van der Waals surface area contributed by atoms with Crippen LogP contribution in [0, 0.1) is 0 Å². The molecule has 204 valence electrons. The maximum Gasteiger partial charge on any atom is 0.330 e. The number of hydrogen-bond donors (Lipinski definition) is 1. The molecule has 2 heterocycles. The molecule has 4 aromatic rings. The Labute approximate surface area is 238 Å². The molecule has 6 rings (SSSR count).